The maximum atomic E-state index is 2.47. The molecule has 0 N–H and O–H groups in total. The first-order valence-corrected chi connectivity index (χ1v) is 26.3. The Morgan fingerprint density at radius 1 is 0.211 bits per heavy atom. The second kappa shape index (κ2) is 18.9. The molecule has 0 saturated heterocycles. The molecule has 0 bridgehead atoms. The number of anilines is 3. The number of hydrogen-bond acceptors (Lipinski definition) is 1. The normalized spacial score (nSPS) is 12.3. The molecule has 1 aliphatic rings. The smallest absolute Gasteiger partial charge is 0.0713 e. The quantitative estimate of drug-likeness (QED) is 0.123. The van der Waals surface area contributed by atoms with Gasteiger partial charge in [-0.2, -0.15) is 0 Å². The lowest BCUT2D eigenvalue weighted by Gasteiger charge is -2.34. The summed E-state index contributed by atoms with van der Waals surface area (Å²) in [5, 5.41) is 4.96. The molecule has 0 aliphatic heterocycles. The van der Waals surface area contributed by atoms with Crippen LogP contribution in [0.25, 0.3) is 88.3 Å². The van der Waals surface area contributed by atoms with Crippen LogP contribution in [0.4, 0.5) is 17.1 Å². The van der Waals surface area contributed by atoms with Crippen LogP contribution in [0, 0.1) is 0 Å². The minimum Gasteiger partial charge on any atom is -0.310 e. The highest BCUT2D eigenvalue weighted by molar-refractivity contribution is 6.22. The fourth-order valence-electron chi connectivity index (χ4n) is 12.4. The number of rotatable bonds is 10. The van der Waals surface area contributed by atoms with Gasteiger partial charge in [0.05, 0.1) is 5.41 Å². The first-order valence-electron chi connectivity index (χ1n) is 26.3. The second-order valence-corrected chi connectivity index (χ2v) is 19.9. The summed E-state index contributed by atoms with van der Waals surface area (Å²) in [6.45, 7) is 0. The van der Waals surface area contributed by atoms with Crippen molar-refractivity contribution >= 4 is 38.6 Å². The molecule has 0 spiro atoms. The first kappa shape index (κ1) is 44.8. The molecular weight excluding hydrogens is 915 g/mol. The van der Waals surface area contributed by atoms with Crippen LogP contribution in [-0.4, -0.2) is 0 Å². The van der Waals surface area contributed by atoms with Crippen molar-refractivity contribution in [1.29, 1.82) is 0 Å². The average Bonchev–Trinajstić information content (AvgIpc) is 4.04. The van der Waals surface area contributed by atoms with E-state index in [9.17, 15) is 0 Å². The molecule has 0 atom stereocenters. The largest absolute Gasteiger partial charge is 0.310 e. The zero-order valence-electron chi connectivity index (χ0n) is 41.9. The summed E-state index contributed by atoms with van der Waals surface area (Å²) in [6.07, 6.45) is 0. The molecule has 13 aromatic carbocycles. The minimum atomic E-state index is -0.504. The molecule has 0 heterocycles. The van der Waals surface area contributed by atoms with Gasteiger partial charge in [-0.15, -0.1) is 0 Å². The number of hydrogen-bond donors (Lipinski definition) is 0. The maximum absolute atomic E-state index is 2.47. The third kappa shape index (κ3) is 7.47. The molecule has 0 saturated carbocycles. The number of nitrogens with zero attached hydrogens (tertiary/aromatic N) is 1. The molecule has 0 radical (unpaired) electrons. The molecule has 0 unspecified atom stereocenters. The summed E-state index contributed by atoms with van der Waals surface area (Å²) < 4.78 is 0. The van der Waals surface area contributed by atoms with Gasteiger partial charge in [0.25, 0.3) is 0 Å². The molecule has 0 aromatic heterocycles. The van der Waals surface area contributed by atoms with Crippen molar-refractivity contribution in [2.45, 2.75) is 5.41 Å². The van der Waals surface area contributed by atoms with E-state index in [2.05, 4.69) is 314 Å². The fourth-order valence-corrected chi connectivity index (χ4v) is 12.4. The van der Waals surface area contributed by atoms with Gasteiger partial charge >= 0.3 is 0 Å². The summed E-state index contributed by atoms with van der Waals surface area (Å²) in [7, 11) is 0. The SMILES string of the molecule is c1ccc(-c2ccc(N(c3cccc(-c4ccc5c(c4)c(-c4ccccc4)c(-c4ccccc4)c4ccccc45)c3)c3ccc4c(c3)-c3ccccc3C4(c3ccccc3)c3ccccc3)cc2-c2ccccc2)cc1. The Hall–Kier alpha value is -9.82. The van der Waals surface area contributed by atoms with Crippen LogP contribution in [0.1, 0.15) is 22.3 Å². The van der Waals surface area contributed by atoms with Crippen LogP contribution in [0.3, 0.4) is 0 Å². The minimum absolute atomic E-state index is 0.504. The predicted molar refractivity (Wildman–Crippen MR) is 321 cm³/mol. The Morgan fingerprint density at radius 3 is 1.28 bits per heavy atom. The molecule has 76 heavy (non-hydrogen) atoms. The molecule has 0 fully saturated rings. The highest BCUT2D eigenvalue weighted by Crippen LogP contribution is 2.57. The van der Waals surface area contributed by atoms with E-state index in [0.29, 0.717) is 0 Å². The monoisotopic (exact) mass is 965 g/mol. The number of fused-ring (bicyclic) bond motifs is 6. The topological polar surface area (TPSA) is 3.24 Å². The Bertz CT molecular complexity index is 4210. The Morgan fingerprint density at radius 2 is 0.645 bits per heavy atom. The Kier molecular flexibility index (Phi) is 11.2. The highest BCUT2D eigenvalue weighted by Gasteiger charge is 2.46. The van der Waals surface area contributed by atoms with Gasteiger partial charge in [0.1, 0.15) is 0 Å². The standard InChI is InChI=1S/C75H51N/c1-7-24-52(25-8-1)63-46-43-61(50-68(63)53-26-9-2-10-27-53)76(62-44-47-72-69(51-62)66-39-21-22-41-71(66)75(72,58-33-15-5-16-34-58)59-35-17-6-18-36-59)60-37-23-32-56(48-60)57-42-45-65-64-38-19-20-40-67(64)73(54-28-11-3-12-29-54)74(70(65)49-57)55-30-13-4-14-31-55/h1-51H. The summed E-state index contributed by atoms with van der Waals surface area (Å²) in [5.74, 6) is 0. The van der Waals surface area contributed by atoms with Gasteiger partial charge in [-0.3, -0.25) is 0 Å². The Balaban J connectivity index is 1.00. The maximum Gasteiger partial charge on any atom is 0.0713 e. The van der Waals surface area contributed by atoms with Gasteiger partial charge in [-0.1, -0.05) is 267 Å². The van der Waals surface area contributed by atoms with Gasteiger partial charge < -0.3 is 4.90 Å². The van der Waals surface area contributed by atoms with Gasteiger partial charge in [0.2, 0.25) is 0 Å². The molecule has 13 aromatic rings. The summed E-state index contributed by atoms with van der Waals surface area (Å²) >= 11 is 0. The van der Waals surface area contributed by atoms with Crippen LogP contribution in [0.5, 0.6) is 0 Å². The van der Waals surface area contributed by atoms with Crippen LogP contribution in [0.2, 0.25) is 0 Å². The van der Waals surface area contributed by atoms with E-state index < -0.39 is 5.41 Å². The van der Waals surface area contributed by atoms with E-state index in [1.54, 1.807) is 0 Å². The van der Waals surface area contributed by atoms with Crippen molar-refractivity contribution in [1.82, 2.24) is 0 Å². The van der Waals surface area contributed by atoms with Crippen LogP contribution in [0.15, 0.2) is 309 Å². The molecule has 1 heteroatoms. The van der Waals surface area contributed by atoms with Gasteiger partial charge in [0, 0.05) is 17.1 Å². The zero-order valence-corrected chi connectivity index (χ0v) is 41.9. The molecule has 1 nitrogen and oxygen atoms in total. The molecular formula is C75H51N. The molecule has 1 aliphatic carbocycles. The average molecular weight is 966 g/mol. The zero-order chi connectivity index (χ0) is 50.4. The molecule has 0 amide bonds. The second-order valence-electron chi connectivity index (χ2n) is 19.9. The van der Waals surface area contributed by atoms with Gasteiger partial charge in [-0.25, -0.2) is 0 Å². The van der Waals surface area contributed by atoms with Crippen LogP contribution < -0.4 is 4.90 Å². The van der Waals surface area contributed by atoms with Crippen LogP contribution >= 0.6 is 0 Å². The summed E-state index contributed by atoms with van der Waals surface area (Å²) in [5.41, 5.74) is 22.2. The van der Waals surface area contributed by atoms with Crippen molar-refractivity contribution in [3.8, 4) is 66.8 Å². The summed E-state index contributed by atoms with van der Waals surface area (Å²) in [4.78, 5) is 2.47. The summed E-state index contributed by atoms with van der Waals surface area (Å²) in [6, 6.07) is 114. The van der Waals surface area contributed by atoms with E-state index in [1.165, 1.54) is 99.4 Å². The number of benzene rings is 13. The lowest BCUT2D eigenvalue weighted by atomic mass is 9.68. The van der Waals surface area contributed by atoms with Crippen molar-refractivity contribution < 1.29 is 0 Å². The third-order valence-corrected chi connectivity index (χ3v) is 15.7. The van der Waals surface area contributed by atoms with E-state index in [1.807, 2.05) is 0 Å². The van der Waals surface area contributed by atoms with Crippen LogP contribution in [-0.2, 0) is 5.41 Å². The molecule has 356 valence electrons. The third-order valence-electron chi connectivity index (χ3n) is 15.7. The van der Waals surface area contributed by atoms with E-state index in [-0.39, 0.29) is 0 Å². The molecule has 14 rings (SSSR count). The highest BCUT2D eigenvalue weighted by atomic mass is 15.1. The van der Waals surface area contributed by atoms with E-state index in [4.69, 9.17) is 0 Å². The van der Waals surface area contributed by atoms with Crippen molar-refractivity contribution in [3.63, 3.8) is 0 Å². The Labute approximate surface area is 444 Å². The lowest BCUT2D eigenvalue weighted by Crippen LogP contribution is -2.28. The van der Waals surface area contributed by atoms with Crippen molar-refractivity contribution in [2.24, 2.45) is 0 Å². The predicted octanol–water partition coefficient (Wildman–Crippen LogP) is 20.2. The van der Waals surface area contributed by atoms with E-state index in [0.717, 1.165) is 28.2 Å². The van der Waals surface area contributed by atoms with Gasteiger partial charge in [-0.05, 0) is 153 Å². The van der Waals surface area contributed by atoms with Crippen molar-refractivity contribution in [3.05, 3.63) is 332 Å². The fraction of sp³-hybridized carbons (Fsp3) is 0.0133. The van der Waals surface area contributed by atoms with Crippen molar-refractivity contribution in [2.75, 3.05) is 4.90 Å². The van der Waals surface area contributed by atoms with Gasteiger partial charge in [0.15, 0.2) is 0 Å². The lowest BCUT2D eigenvalue weighted by molar-refractivity contribution is 0.768. The van der Waals surface area contributed by atoms with E-state index >= 15 is 0 Å². The first-order chi connectivity index (χ1) is 37.7.